The highest BCUT2D eigenvalue weighted by molar-refractivity contribution is 6.17. The number of benzene rings is 1. The van der Waals surface area contributed by atoms with Gasteiger partial charge in [-0.25, -0.2) is 0 Å². The van der Waals surface area contributed by atoms with Gasteiger partial charge in [0.05, 0.1) is 5.92 Å². The molecule has 0 unspecified atom stereocenters. The second kappa shape index (κ2) is 7.46. The standard InChI is InChI=1S/C16H21ClN2O2/c1-2-12-4-6-14(7-5-12)19-11-13(10-15(19)20)16(21)18-9-3-8-17/h4-7,13H,2-3,8-11H2,1H3,(H,18,21)/t13-/m1/s1. The van der Waals surface area contributed by atoms with Crippen LogP contribution in [0, 0.1) is 5.92 Å². The Bertz CT molecular complexity index is 502. The summed E-state index contributed by atoms with van der Waals surface area (Å²) in [6.45, 7) is 3.12. The molecule has 1 aliphatic heterocycles. The van der Waals surface area contributed by atoms with Crippen LogP contribution in [0.4, 0.5) is 5.69 Å². The van der Waals surface area contributed by atoms with E-state index in [0.29, 0.717) is 19.0 Å². The van der Waals surface area contributed by atoms with Crippen LogP contribution < -0.4 is 10.2 Å². The summed E-state index contributed by atoms with van der Waals surface area (Å²) < 4.78 is 0. The van der Waals surface area contributed by atoms with E-state index in [9.17, 15) is 9.59 Å². The van der Waals surface area contributed by atoms with Gasteiger partial charge in [0.25, 0.3) is 0 Å². The number of hydrogen-bond acceptors (Lipinski definition) is 2. The van der Waals surface area contributed by atoms with Gasteiger partial charge in [0.2, 0.25) is 11.8 Å². The van der Waals surface area contributed by atoms with Crippen molar-refractivity contribution in [3.8, 4) is 0 Å². The van der Waals surface area contributed by atoms with Crippen molar-refractivity contribution in [1.29, 1.82) is 0 Å². The first-order chi connectivity index (χ1) is 10.2. The van der Waals surface area contributed by atoms with Gasteiger partial charge in [-0.15, -0.1) is 11.6 Å². The predicted octanol–water partition coefficient (Wildman–Crippen LogP) is 2.35. The number of amides is 2. The van der Waals surface area contributed by atoms with Crippen molar-refractivity contribution < 1.29 is 9.59 Å². The van der Waals surface area contributed by atoms with Crippen LogP contribution in [0.5, 0.6) is 0 Å². The highest BCUT2D eigenvalue weighted by atomic mass is 35.5. The Morgan fingerprint density at radius 1 is 1.38 bits per heavy atom. The molecule has 0 saturated carbocycles. The summed E-state index contributed by atoms with van der Waals surface area (Å²) in [7, 11) is 0. The molecule has 0 spiro atoms. The molecule has 0 aromatic heterocycles. The molecule has 2 rings (SSSR count). The minimum Gasteiger partial charge on any atom is -0.356 e. The number of nitrogens with zero attached hydrogens (tertiary/aromatic N) is 1. The first kappa shape index (κ1) is 15.8. The zero-order valence-electron chi connectivity index (χ0n) is 12.3. The molecule has 2 amide bonds. The normalized spacial score (nSPS) is 18.1. The predicted molar refractivity (Wildman–Crippen MR) is 84.6 cm³/mol. The van der Waals surface area contributed by atoms with Crippen molar-refractivity contribution in [2.45, 2.75) is 26.2 Å². The van der Waals surface area contributed by atoms with Gasteiger partial charge in [-0.2, -0.15) is 0 Å². The first-order valence-electron chi connectivity index (χ1n) is 7.38. The summed E-state index contributed by atoms with van der Waals surface area (Å²) in [6.07, 6.45) is 2.00. The van der Waals surface area contributed by atoms with E-state index in [1.54, 1.807) is 4.90 Å². The third kappa shape index (κ3) is 3.97. The molecule has 0 aliphatic carbocycles. The summed E-state index contributed by atoms with van der Waals surface area (Å²) in [4.78, 5) is 25.8. The molecule has 1 atom stereocenters. The molecule has 4 nitrogen and oxygen atoms in total. The maximum Gasteiger partial charge on any atom is 0.227 e. The lowest BCUT2D eigenvalue weighted by atomic mass is 10.1. The second-order valence-corrected chi connectivity index (χ2v) is 5.64. The SMILES string of the molecule is CCc1ccc(N2C[C@H](C(=O)NCCCCl)CC2=O)cc1. The van der Waals surface area contributed by atoms with Gasteiger partial charge < -0.3 is 10.2 Å². The molecule has 1 aliphatic rings. The summed E-state index contributed by atoms with van der Waals surface area (Å²) in [5.41, 5.74) is 2.11. The van der Waals surface area contributed by atoms with Crippen molar-refractivity contribution in [2.75, 3.05) is 23.9 Å². The number of halogens is 1. The average molecular weight is 309 g/mol. The second-order valence-electron chi connectivity index (χ2n) is 5.26. The highest BCUT2D eigenvalue weighted by Crippen LogP contribution is 2.25. The van der Waals surface area contributed by atoms with E-state index in [1.165, 1.54) is 5.56 Å². The highest BCUT2D eigenvalue weighted by Gasteiger charge is 2.34. The Kier molecular flexibility index (Phi) is 5.62. The Balaban J connectivity index is 1.96. The smallest absolute Gasteiger partial charge is 0.227 e. The number of alkyl halides is 1. The Morgan fingerprint density at radius 3 is 2.71 bits per heavy atom. The maximum absolute atomic E-state index is 12.1. The number of carbonyl (C=O) groups excluding carboxylic acids is 2. The molecule has 1 aromatic carbocycles. The molecule has 1 fully saturated rings. The van der Waals surface area contributed by atoms with E-state index in [1.807, 2.05) is 24.3 Å². The third-order valence-electron chi connectivity index (χ3n) is 3.76. The van der Waals surface area contributed by atoms with Crippen LogP contribution >= 0.6 is 11.6 Å². The minimum absolute atomic E-state index is 0.0109. The van der Waals surface area contributed by atoms with Crippen molar-refractivity contribution in [3.63, 3.8) is 0 Å². The fourth-order valence-corrected chi connectivity index (χ4v) is 2.60. The summed E-state index contributed by atoms with van der Waals surface area (Å²) >= 11 is 5.58. The zero-order chi connectivity index (χ0) is 15.2. The number of anilines is 1. The van der Waals surface area contributed by atoms with Crippen LogP contribution in [0.25, 0.3) is 0 Å². The Morgan fingerprint density at radius 2 is 2.10 bits per heavy atom. The molecule has 21 heavy (non-hydrogen) atoms. The van der Waals surface area contributed by atoms with Crippen LogP contribution in [-0.4, -0.2) is 30.8 Å². The molecule has 114 valence electrons. The fourth-order valence-electron chi connectivity index (χ4n) is 2.47. The van der Waals surface area contributed by atoms with Gasteiger partial charge in [0, 0.05) is 31.1 Å². The zero-order valence-corrected chi connectivity index (χ0v) is 13.0. The quantitative estimate of drug-likeness (QED) is 0.648. The Labute approximate surface area is 130 Å². The van der Waals surface area contributed by atoms with E-state index < -0.39 is 0 Å². The van der Waals surface area contributed by atoms with E-state index in [2.05, 4.69) is 12.2 Å². The summed E-state index contributed by atoms with van der Waals surface area (Å²) in [5, 5.41) is 2.83. The molecule has 0 radical (unpaired) electrons. The summed E-state index contributed by atoms with van der Waals surface area (Å²) in [5.74, 6) is 0.219. The lowest BCUT2D eigenvalue weighted by Crippen LogP contribution is -2.33. The van der Waals surface area contributed by atoms with E-state index in [0.717, 1.165) is 18.5 Å². The molecule has 0 bridgehead atoms. The molecule has 1 N–H and O–H groups in total. The van der Waals surface area contributed by atoms with Gasteiger partial charge >= 0.3 is 0 Å². The molecule has 1 heterocycles. The molecule has 5 heteroatoms. The van der Waals surface area contributed by atoms with Crippen LogP contribution in [-0.2, 0) is 16.0 Å². The van der Waals surface area contributed by atoms with Crippen LogP contribution in [0.2, 0.25) is 0 Å². The van der Waals surface area contributed by atoms with Crippen molar-refractivity contribution in [1.82, 2.24) is 5.32 Å². The number of rotatable bonds is 6. The van der Waals surface area contributed by atoms with Gasteiger partial charge in [-0.1, -0.05) is 19.1 Å². The minimum atomic E-state index is -0.265. The third-order valence-corrected chi connectivity index (χ3v) is 4.03. The lowest BCUT2D eigenvalue weighted by molar-refractivity contribution is -0.126. The van der Waals surface area contributed by atoms with Gasteiger partial charge in [0.1, 0.15) is 0 Å². The molecule has 1 aromatic rings. The van der Waals surface area contributed by atoms with Crippen molar-refractivity contribution in [3.05, 3.63) is 29.8 Å². The molecular formula is C16H21ClN2O2. The average Bonchev–Trinajstić information content (AvgIpc) is 2.89. The van der Waals surface area contributed by atoms with Crippen molar-refractivity contribution in [2.24, 2.45) is 5.92 Å². The van der Waals surface area contributed by atoms with Crippen molar-refractivity contribution >= 4 is 29.1 Å². The monoisotopic (exact) mass is 308 g/mol. The first-order valence-corrected chi connectivity index (χ1v) is 7.92. The van der Waals surface area contributed by atoms with E-state index in [4.69, 9.17) is 11.6 Å². The number of aryl methyl sites for hydroxylation is 1. The van der Waals surface area contributed by atoms with E-state index in [-0.39, 0.29) is 24.2 Å². The molecule has 1 saturated heterocycles. The van der Waals surface area contributed by atoms with Gasteiger partial charge in [-0.3, -0.25) is 9.59 Å². The number of hydrogen-bond donors (Lipinski definition) is 1. The topological polar surface area (TPSA) is 49.4 Å². The van der Waals surface area contributed by atoms with Crippen LogP contribution in [0.1, 0.15) is 25.3 Å². The van der Waals surface area contributed by atoms with Crippen LogP contribution in [0.3, 0.4) is 0 Å². The number of carbonyl (C=O) groups is 2. The van der Waals surface area contributed by atoms with Crippen LogP contribution in [0.15, 0.2) is 24.3 Å². The Hall–Kier alpha value is -1.55. The molecular weight excluding hydrogens is 288 g/mol. The number of nitrogens with one attached hydrogen (secondary N) is 1. The van der Waals surface area contributed by atoms with Gasteiger partial charge in [0.15, 0.2) is 0 Å². The lowest BCUT2D eigenvalue weighted by Gasteiger charge is -2.17. The van der Waals surface area contributed by atoms with Gasteiger partial charge in [-0.05, 0) is 30.5 Å². The summed E-state index contributed by atoms with van der Waals surface area (Å²) in [6, 6.07) is 7.95. The maximum atomic E-state index is 12.1. The largest absolute Gasteiger partial charge is 0.356 e. The van der Waals surface area contributed by atoms with E-state index >= 15 is 0 Å². The fraction of sp³-hybridized carbons (Fsp3) is 0.500.